The fraction of sp³-hybridized carbons (Fsp3) is 0.361. The van der Waals surface area contributed by atoms with Crippen LogP contribution in [0.25, 0.3) is 0 Å². The number of rotatable bonds is 6. The molecule has 0 spiro atoms. The van der Waals surface area contributed by atoms with Crippen molar-refractivity contribution in [1.29, 1.82) is 5.26 Å². The molecule has 10 heteroatoms. The summed E-state index contributed by atoms with van der Waals surface area (Å²) in [6, 6.07) is 26.0. The first-order valence-corrected chi connectivity index (χ1v) is 15.4. The highest BCUT2D eigenvalue weighted by molar-refractivity contribution is 5.87. The molecule has 0 saturated heterocycles. The minimum absolute atomic E-state index is 0.267. The van der Waals surface area contributed by atoms with Crippen molar-refractivity contribution < 1.29 is 9.53 Å². The number of hydrogen-bond acceptors (Lipinski definition) is 10. The van der Waals surface area contributed by atoms with E-state index in [1.165, 1.54) is 7.11 Å². The molecule has 4 aromatic rings. The highest BCUT2D eigenvalue weighted by atomic mass is 16.5. The number of carbonyl (C=O) groups is 1. The quantitative estimate of drug-likeness (QED) is 0.202. The number of ether oxygens (including phenoxy) is 1. The van der Waals surface area contributed by atoms with Gasteiger partial charge in [-0.1, -0.05) is 38.1 Å². The summed E-state index contributed by atoms with van der Waals surface area (Å²) in [6.07, 6.45) is 0.924. The van der Waals surface area contributed by atoms with Crippen molar-refractivity contribution in [3.8, 4) is 6.07 Å². The molecule has 4 heterocycles. The van der Waals surface area contributed by atoms with Crippen molar-refractivity contribution in [1.82, 2.24) is 15.0 Å². The Kier molecular flexibility index (Phi) is 9.15. The lowest BCUT2D eigenvalue weighted by Gasteiger charge is -2.34. The Labute approximate surface area is 271 Å². The molecular weight excluding hydrogens is 576 g/mol. The summed E-state index contributed by atoms with van der Waals surface area (Å²) in [5, 5.41) is 10.4. The molecule has 46 heavy (non-hydrogen) atoms. The SMILES string of the molecule is COC(=O)[C@H](C[C@@](C)(C#N)CC(C)C)c1c2cccc1N(C)c1cccc(n1)N(C)c1cccc(n1)N(C)c1cccc(n1)N2C. The molecule has 8 bridgehead atoms. The zero-order chi connectivity index (χ0) is 33.2. The average Bonchev–Trinajstić information content (AvgIpc) is 3.08. The highest BCUT2D eigenvalue weighted by Crippen LogP contribution is 2.46. The maximum Gasteiger partial charge on any atom is 0.313 e. The van der Waals surface area contributed by atoms with Gasteiger partial charge in [0, 0.05) is 45.1 Å². The number of carbonyl (C=O) groups excluding carboxylic acids is 1. The van der Waals surface area contributed by atoms with Crippen LogP contribution in [0.1, 0.15) is 45.1 Å². The van der Waals surface area contributed by atoms with Crippen LogP contribution in [-0.4, -0.2) is 56.2 Å². The summed E-state index contributed by atoms with van der Waals surface area (Å²) in [5.41, 5.74) is 1.52. The molecule has 0 fully saturated rings. The number of esters is 1. The molecule has 5 rings (SSSR count). The van der Waals surface area contributed by atoms with Gasteiger partial charge in [0.1, 0.15) is 34.9 Å². The molecule has 0 saturated carbocycles. The summed E-state index contributed by atoms with van der Waals surface area (Å²) < 4.78 is 5.45. The number of benzene rings is 1. The summed E-state index contributed by atoms with van der Waals surface area (Å²) in [5.74, 6) is 3.35. The molecule has 238 valence electrons. The number of aromatic nitrogens is 3. The van der Waals surface area contributed by atoms with Gasteiger partial charge in [-0.2, -0.15) is 5.26 Å². The number of fused-ring (bicyclic) bond motifs is 8. The molecule has 2 atom stereocenters. The smallest absolute Gasteiger partial charge is 0.313 e. The van der Waals surface area contributed by atoms with Gasteiger partial charge in [-0.15, -0.1) is 0 Å². The third-order valence-corrected chi connectivity index (χ3v) is 8.62. The van der Waals surface area contributed by atoms with Crippen molar-refractivity contribution in [2.75, 3.05) is 54.9 Å². The number of anilines is 8. The Morgan fingerprint density at radius 3 is 1.43 bits per heavy atom. The van der Waals surface area contributed by atoms with Crippen LogP contribution in [0.3, 0.4) is 0 Å². The van der Waals surface area contributed by atoms with Crippen LogP contribution in [0.2, 0.25) is 0 Å². The van der Waals surface area contributed by atoms with E-state index in [0.717, 1.165) is 28.6 Å². The van der Waals surface area contributed by atoms with Crippen LogP contribution in [0, 0.1) is 22.7 Å². The zero-order valence-electron chi connectivity index (χ0n) is 27.9. The fourth-order valence-electron chi connectivity index (χ4n) is 6.29. The number of nitriles is 1. The normalized spacial score (nSPS) is 14.9. The maximum absolute atomic E-state index is 13.8. The fourth-order valence-corrected chi connectivity index (χ4v) is 6.29. The maximum atomic E-state index is 13.8. The zero-order valence-corrected chi connectivity index (χ0v) is 27.9. The van der Waals surface area contributed by atoms with E-state index in [9.17, 15) is 10.1 Å². The van der Waals surface area contributed by atoms with Gasteiger partial charge < -0.3 is 24.3 Å². The number of pyridine rings is 3. The van der Waals surface area contributed by atoms with Crippen LogP contribution in [0.4, 0.5) is 46.3 Å². The summed E-state index contributed by atoms with van der Waals surface area (Å²) in [6.45, 7) is 6.12. The van der Waals surface area contributed by atoms with E-state index in [1.54, 1.807) is 0 Å². The molecule has 1 aliphatic rings. The van der Waals surface area contributed by atoms with Gasteiger partial charge in [0.2, 0.25) is 0 Å². The third-order valence-electron chi connectivity index (χ3n) is 8.62. The highest BCUT2D eigenvalue weighted by Gasteiger charge is 2.38. The Bertz CT molecular complexity index is 1680. The van der Waals surface area contributed by atoms with Crippen LogP contribution in [-0.2, 0) is 9.53 Å². The van der Waals surface area contributed by atoms with Crippen molar-refractivity contribution in [2.45, 2.75) is 39.5 Å². The Balaban J connectivity index is 1.80. The van der Waals surface area contributed by atoms with Crippen molar-refractivity contribution >= 4 is 52.3 Å². The van der Waals surface area contributed by atoms with Gasteiger partial charge in [-0.05, 0) is 74.2 Å². The minimum atomic E-state index is -0.771. The predicted octanol–water partition coefficient (Wildman–Crippen LogP) is 7.48. The van der Waals surface area contributed by atoms with Gasteiger partial charge >= 0.3 is 5.97 Å². The molecule has 10 nitrogen and oxygen atoms in total. The second-order valence-electron chi connectivity index (χ2n) is 12.6. The van der Waals surface area contributed by atoms with Gasteiger partial charge in [-0.3, -0.25) is 4.79 Å². The number of methoxy groups -OCH3 is 1. The lowest BCUT2D eigenvalue weighted by molar-refractivity contribution is -0.143. The van der Waals surface area contributed by atoms with E-state index < -0.39 is 17.3 Å². The van der Waals surface area contributed by atoms with Crippen LogP contribution >= 0.6 is 0 Å². The van der Waals surface area contributed by atoms with Crippen LogP contribution < -0.4 is 19.6 Å². The van der Waals surface area contributed by atoms with Crippen molar-refractivity contribution in [2.24, 2.45) is 11.3 Å². The van der Waals surface area contributed by atoms with E-state index in [-0.39, 0.29) is 12.3 Å². The van der Waals surface area contributed by atoms with E-state index in [0.29, 0.717) is 29.7 Å². The van der Waals surface area contributed by atoms with Gasteiger partial charge in [-0.25, -0.2) is 15.0 Å². The van der Waals surface area contributed by atoms with E-state index in [2.05, 4.69) is 19.9 Å². The Morgan fingerprint density at radius 2 is 1.09 bits per heavy atom. The third kappa shape index (κ3) is 6.31. The molecule has 0 radical (unpaired) electrons. The molecule has 0 aliphatic carbocycles. The molecule has 0 amide bonds. The Morgan fingerprint density at radius 1 is 0.717 bits per heavy atom. The van der Waals surface area contributed by atoms with Crippen LogP contribution in [0.5, 0.6) is 0 Å². The first-order chi connectivity index (χ1) is 22.0. The molecular formula is C36H42N8O2. The largest absolute Gasteiger partial charge is 0.469 e. The van der Waals surface area contributed by atoms with Crippen molar-refractivity contribution in [3.63, 3.8) is 0 Å². The second-order valence-corrected chi connectivity index (χ2v) is 12.6. The number of hydrogen-bond donors (Lipinski definition) is 0. The van der Waals surface area contributed by atoms with Crippen molar-refractivity contribution in [3.05, 3.63) is 78.4 Å². The number of nitrogens with zero attached hydrogens (tertiary/aromatic N) is 8. The van der Waals surface area contributed by atoms with E-state index in [4.69, 9.17) is 19.7 Å². The first kappa shape index (κ1) is 32.2. The lowest BCUT2D eigenvalue weighted by Crippen LogP contribution is -2.28. The molecule has 1 aromatic carbocycles. The summed E-state index contributed by atoms with van der Waals surface area (Å²) >= 11 is 0. The predicted molar refractivity (Wildman–Crippen MR) is 184 cm³/mol. The summed E-state index contributed by atoms with van der Waals surface area (Å²) in [7, 11) is 9.16. The second kappa shape index (κ2) is 13.1. The standard InChI is InChI=1S/C36H42N8O2/c1-24(2)21-36(3,23-37)22-25(35(45)46-8)34-26-13-9-14-27(34)42(5)29-16-11-18-31(39-29)44(7)33-20-12-19-32(40-33)43(6)30-17-10-15-28(38-30)41(26)4/h9-20,24-25H,21-22H2,1-8H3/t25-,36+/m1/s1. The van der Waals surface area contributed by atoms with Gasteiger partial charge in [0.25, 0.3) is 0 Å². The lowest BCUT2D eigenvalue weighted by atomic mass is 9.74. The van der Waals surface area contributed by atoms with Crippen LogP contribution in [0.15, 0.2) is 72.8 Å². The topological polar surface area (TPSA) is 102 Å². The Hall–Kier alpha value is -5.17. The molecule has 0 unspecified atom stereocenters. The minimum Gasteiger partial charge on any atom is -0.469 e. The van der Waals surface area contributed by atoms with E-state index >= 15 is 0 Å². The summed E-state index contributed by atoms with van der Waals surface area (Å²) in [4.78, 5) is 36.7. The molecule has 1 aliphatic heterocycles. The molecule has 3 aromatic heterocycles. The molecule has 0 N–H and O–H groups in total. The first-order valence-electron chi connectivity index (χ1n) is 15.4. The van der Waals surface area contributed by atoms with Gasteiger partial charge in [0.15, 0.2) is 0 Å². The van der Waals surface area contributed by atoms with E-state index in [1.807, 2.05) is 128 Å². The van der Waals surface area contributed by atoms with Gasteiger partial charge in [0.05, 0.1) is 24.5 Å². The monoisotopic (exact) mass is 618 g/mol. The average molecular weight is 619 g/mol.